The maximum absolute atomic E-state index is 14.8. The van der Waals surface area contributed by atoms with Crippen LogP contribution in [0.2, 0.25) is 0 Å². The van der Waals surface area contributed by atoms with Crippen LogP contribution in [0, 0.1) is 25.2 Å². The molecule has 1 unspecified atom stereocenters. The zero-order valence-electron chi connectivity index (χ0n) is 39.8. The summed E-state index contributed by atoms with van der Waals surface area (Å²) in [4.78, 5) is 83.8. The molecule has 366 valence electrons. The van der Waals surface area contributed by atoms with Crippen LogP contribution in [0.1, 0.15) is 77.9 Å². The van der Waals surface area contributed by atoms with Gasteiger partial charge >= 0.3 is 0 Å². The van der Waals surface area contributed by atoms with Crippen molar-refractivity contribution in [3.8, 4) is 40.1 Å². The van der Waals surface area contributed by atoms with E-state index in [0.717, 1.165) is 37.2 Å². The molecule has 1 fully saturated rings. The summed E-state index contributed by atoms with van der Waals surface area (Å²) in [5, 5.41) is 20.0. The van der Waals surface area contributed by atoms with Crippen molar-refractivity contribution in [1.82, 2.24) is 36.1 Å². The van der Waals surface area contributed by atoms with Gasteiger partial charge in [-0.05, 0) is 106 Å². The molecule has 3 aromatic carbocycles. The van der Waals surface area contributed by atoms with Crippen molar-refractivity contribution >= 4 is 35.2 Å². The van der Waals surface area contributed by atoms with Crippen LogP contribution < -0.4 is 52.8 Å². The van der Waals surface area contributed by atoms with Gasteiger partial charge in [-0.25, -0.2) is 9.97 Å². The van der Waals surface area contributed by atoms with E-state index in [1.807, 2.05) is 18.2 Å². The molecule has 0 saturated carbocycles. The lowest BCUT2D eigenvalue weighted by molar-refractivity contribution is -0.141. The Labute approximate surface area is 402 Å². The van der Waals surface area contributed by atoms with Gasteiger partial charge in [-0.2, -0.15) is 5.26 Å². The van der Waals surface area contributed by atoms with Crippen molar-refractivity contribution in [3.05, 3.63) is 88.7 Å². The predicted molar refractivity (Wildman–Crippen MR) is 261 cm³/mol. The predicted octanol–water partition coefficient (Wildman–Crippen LogP) is 2.32. The molecule has 69 heavy (non-hydrogen) atoms. The molecule has 10 N–H and O–H groups in total. The van der Waals surface area contributed by atoms with E-state index in [9.17, 15) is 29.2 Å². The number of nitrogens with two attached hydrogens (primary N) is 3. The summed E-state index contributed by atoms with van der Waals surface area (Å²) < 4.78 is 12.2. The molecule has 4 bridgehead atoms. The number of hydrogen-bond donors (Lipinski definition) is 7. The van der Waals surface area contributed by atoms with Gasteiger partial charge in [-0.3, -0.25) is 24.0 Å². The Kier molecular flexibility index (Phi) is 18.0. The lowest BCUT2D eigenvalue weighted by Crippen LogP contribution is -2.56. The van der Waals surface area contributed by atoms with Gasteiger partial charge in [0.05, 0.1) is 23.0 Å². The van der Waals surface area contributed by atoms with Crippen molar-refractivity contribution in [2.24, 2.45) is 17.2 Å². The molecule has 3 heterocycles. The number of nitrogens with zero attached hydrogens (tertiary/aromatic N) is 5. The van der Waals surface area contributed by atoms with Crippen LogP contribution in [-0.2, 0) is 25.6 Å². The number of aryl methyl sites for hydroxylation is 2. The van der Waals surface area contributed by atoms with Gasteiger partial charge in [0, 0.05) is 62.0 Å². The Bertz CT molecular complexity index is 2500. The van der Waals surface area contributed by atoms with E-state index in [-0.39, 0.29) is 57.8 Å². The smallest absolute Gasteiger partial charge is 0.255 e. The highest BCUT2D eigenvalue weighted by molar-refractivity contribution is 6.00. The van der Waals surface area contributed by atoms with E-state index in [0.29, 0.717) is 51.0 Å². The first kappa shape index (κ1) is 51.3. The molecule has 19 nitrogen and oxygen atoms in total. The fourth-order valence-corrected chi connectivity index (χ4v) is 8.68. The van der Waals surface area contributed by atoms with E-state index in [4.69, 9.17) is 36.6 Å². The van der Waals surface area contributed by atoms with Crippen LogP contribution in [0.4, 0.5) is 5.69 Å². The molecule has 1 aromatic heterocycles. The Morgan fingerprint density at radius 2 is 1.48 bits per heavy atom. The Balaban J connectivity index is 1.35. The van der Waals surface area contributed by atoms with E-state index >= 15 is 0 Å². The number of carbonyl (C=O) groups is 5. The molecule has 0 spiro atoms. The van der Waals surface area contributed by atoms with Crippen LogP contribution in [-0.4, -0.2) is 122 Å². The third kappa shape index (κ3) is 12.7. The van der Waals surface area contributed by atoms with Crippen LogP contribution >= 0.6 is 0 Å². The lowest BCUT2D eigenvalue weighted by atomic mass is 9.93. The van der Waals surface area contributed by atoms with E-state index in [1.165, 1.54) is 31.7 Å². The van der Waals surface area contributed by atoms with Crippen LogP contribution in [0.15, 0.2) is 60.7 Å². The second kappa shape index (κ2) is 24.2. The van der Waals surface area contributed by atoms with E-state index < -0.39 is 53.7 Å². The molecule has 2 aliphatic rings. The summed E-state index contributed by atoms with van der Waals surface area (Å²) in [5.74, 6) is -2.09. The minimum Gasteiger partial charge on any atom is -0.492 e. The highest BCUT2D eigenvalue weighted by Crippen LogP contribution is 2.40. The molecular formula is C50H64N12O7. The largest absolute Gasteiger partial charge is 0.492 e. The minimum absolute atomic E-state index is 0.00176. The molecule has 1 saturated heterocycles. The van der Waals surface area contributed by atoms with E-state index in [1.54, 1.807) is 50.2 Å². The third-order valence-electron chi connectivity index (χ3n) is 12.2. The number of likely N-dealkylation sites (N-methyl/N-ethyl adjacent to an activating group) is 1. The quantitative estimate of drug-likeness (QED) is 0.0795. The van der Waals surface area contributed by atoms with Crippen LogP contribution in [0.25, 0.3) is 22.5 Å². The average molecular weight is 945 g/mol. The van der Waals surface area contributed by atoms with E-state index in [2.05, 4.69) is 38.3 Å². The number of nitrogens with one attached hydrogen (secondary N) is 4. The highest BCUT2D eigenvalue weighted by Gasteiger charge is 2.36. The number of hydrogen-bond acceptors (Lipinski definition) is 14. The molecule has 5 amide bonds. The number of ether oxygens (including phenoxy) is 2. The summed E-state index contributed by atoms with van der Waals surface area (Å²) in [7, 11) is 1.42. The number of amides is 5. The molecular weight excluding hydrogens is 881 g/mol. The van der Waals surface area contributed by atoms with Crippen molar-refractivity contribution in [2.45, 2.75) is 83.5 Å². The number of nitriles is 1. The van der Waals surface area contributed by atoms with Gasteiger partial charge in [0.2, 0.25) is 23.6 Å². The molecule has 2 aliphatic heterocycles. The second-order valence-electron chi connectivity index (χ2n) is 17.2. The summed E-state index contributed by atoms with van der Waals surface area (Å²) >= 11 is 0. The summed E-state index contributed by atoms with van der Waals surface area (Å²) in [6.45, 7) is 7.27. The van der Waals surface area contributed by atoms with Crippen molar-refractivity contribution < 1.29 is 33.4 Å². The van der Waals surface area contributed by atoms with Crippen molar-refractivity contribution in [3.63, 3.8) is 0 Å². The monoisotopic (exact) mass is 945 g/mol. The first-order valence-corrected chi connectivity index (χ1v) is 23.4. The second-order valence-corrected chi connectivity index (χ2v) is 17.2. The maximum Gasteiger partial charge on any atom is 0.255 e. The summed E-state index contributed by atoms with van der Waals surface area (Å²) in [5.41, 5.74) is 22.6. The summed E-state index contributed by atoms with van der Waals surface area (Å²) in [6, 6.07) is 15.2. The van der Waals surface area contributed by atoms with Gasteiger partial charge in [0.15, 0.2) is 5.82 Å². The first-order valence-electron chi connectivity index (χ1n) is 23.4. The van der Waals surface area contributed by atoms with Gasteiger partial charge in [-0.15, -0.1) is 0 Å². The zero-order chi connectivity index (χ0) is 49.6. The standard InChI is InChI=1S/C50H64N12O7/c1-30-43(31(2)57-45(56-30)34-10-13-36(14-11-34)62-23-7-5-6-8-24-62)48(65)59-39(17-18-51)50(67)61(4)44-35-12-16-42(69-26-21-54)38(29-35)37-27-33(9-15-41(37)68-25-20-53)28-40(47(64)55-22-19-52)60-46(63)32(3)58-49(44)66/h9-16,27,29,32,39-40,44H,5-8,17-18,20-26,28,51,53-54H2,1-4H3,(H,55,64)(H,58,66)(H,59,65)(H,60,63)/t32-,39?,40-,44-/m0/s1. The number of benzene rings is 3. The lowest BCUT2D eigenvalue weighted by Gasteiger charge is -2.32. The molecule has 19 heteroatoms. The SMILES string of the molecule is Cc1nc(-c2ccc(N3CCCCCC3)cc2)nc(C)c1C(=O)NC(CCN)C(=O)N(C)[C@@H]1C(=O)N[C@@H](C)C(=O)N[C@H](C(=O)NCC#N)Cc2ccc(OCCN)c(c2)-c2cc1ccc2OCCN. The fraction of sp³-hybridized carbons (Fsp3) is 0.440. The Morgan fingerprint density at radius 3 is 2.09 bits per heavy atom. The van der Waals surface area contributed by atoms with Gasteiger partial charge < -0.3 is 57.7 Å². The number of rotatable bonds is 16. The van der Waals surface area contributed by atoms with Crippen molar-refractivity contribution in [2.75, 3.05) is 64.4 Å². The first-order chi connectivity index (χ1) is 33.3. The molecule has 4 aromatic rings. The van der Waals surface area contributed by atoms with Crippen LogP contribution in [0.5, 0.6) is 11.5 Å². The molecule has 4 atom stereocenters. The Morgan fingerprint density at radius 1 is 0.855 bits per heavy atom. The molecule has 6 rings (SSSR count). The van der Waals surface area contributed by atoms with Gasteiger partial charge in [0.1, 0.15) is 55.4 Å². The number of fused-ring (bicyclic) bond motifs is 5. The Hall–Kier alpha value is -7.14. The molecule has 0 radical (unpaired) electrons. The minimum atomic E-state index is -1.40. The number of anilines is 1. The normalized spacial score (nSPS) is 17.7. The summed E-state index contributed by atoms with van der Waals surface area (Å²) in [6.07, 6.45) is 4.80. The highest BCUT2D eigenvalue weighted by atomic mass is 16.5. The van der Waals surface area contributed by atoms with Gasteiger partial charge in [0.25, 0.3) is 5.91 Å². The molecule has 0 aliphatic carbocycles. The third-order valence-corrected chi connectivity index (χ3v) is 12.2. The van der Waals surface area contributed by atoms with Gasteiger partial charge in [-0.1, -0.05) is 25.0 Å². The zero-order valence-corrected chi connectivity index (χ0v) is 39.8. The average Bonchev–Trinajstić information content (AvgIpc) is 3.63. The number of carbonyl (C=O) groups excluding carboxylic acids is 5. The van der Waals surface area contributed by atoms with Crippen molar-refractivity contribution in [1.29, 1.82) is 5.26 Å². The van der Waals surface area contributed by atoms with Crippen LogP contribution in [0.3, 0.4) is 0 Å². The fourth-order valence-electron chi connectivity index (χ4n) is 8.68. The number of aromatic nitrogens is 2. The maximum atomic E-state index is 14.8. The topological polar surface area (TPSA) is 286 Å².